The summed E-state index contributed by atoms with van der Waals surface area (Å²) in [5.41, 5.74) is 6.58. The van der Waals surface area contributed by atoms with Crippen molar-refractivity contribution in [2.24, 2.45) is 0 Å². The summed E-state index contributed by atoms with van der Waals surface area (Å²) in [6, 6.07) is 39.8. The molecule has 52 heavy (non-hydrogen) atoms. The Morgan fingerprint density at radius 3 is 0.923 bits per heavy atom. The molecule has 4 nitrogen and oxygen atoms in total. The Bertz CT molecular complexity index is 2690. The molecule has 0 aliphatic rings. The van der Waals surface area contributed by atoms with Gasteiger partial charge in [0.05, 0.1) is 56.7 Å². The van der Waals surface area contributed by atoms with Crippen LogP contribution in [0, 0.1) is 45.9 Å². The van der Waals surface area contributed by atoms with Gasteiger partial charge in [0.15, 0.2) is 0 Å². The first kappa shape index (κ1) is 30.9. The summed E-state index contributed by atoms with van der Waals surface area (Å²) in [7, 11) is 0. The molecule has 0 saturated heterocycles. The second kappa shape index (κ2) is 11.7. The third-order valence-corrected chi connectivity index (χ3v) is 9.63. The van der Waals surface area contributed by atoms with Gasteiger partial charge in [-0.15, -0.1) is 0 Å². The van der Waals surface area contributed by atoms with E-state index in [1.165, 1.54) is 48.5 Å². The zero-order valence-electron chi connectivity index (χ0n) is 27.0. The normalized spacial score (nSPS) is 11.4. The third kappa shape index (κ3) is 4.81. The standard InChI is InChI=1S/C44H22F4N4/c45-29-9-13-33-34-14-10-30(46)18-40(34)51(39(33)17-29)43-22-38(28-7-3-26(24-50)4-8-28)44(21-37(43)27-5-1-25(23-49)2-6-27)52-41-19-31(47)11-15-35(41)36-16-12-32(48)20-42(36)52/h1-22H. The first-order chi connectivity index (χ1) is 25.3. The van der Waals surface area contributed by atoms with Crippen LogP contribution in [-0.4, -0.2) is 9.13 Å². The van der Waals surface area contributed by atoms with Gasteiger partial charge < -0.3 is 9.13 Å². The number of hydrogen-bond donors (Lipinski definition) is 0. The summed E-state index contributed by atoms with van der Waals surface area (Å²) in [5.74, 6) is -1.91. The number of nitriles is 2. The molecule has 246 valence electrons. The van der Waals surface area contributed by atoms with Crippen molar-refractivity contribution in [3.05, 3.63) is 168 Å². The van der Waals surface area contributed by atoms with Gasteiger partial charge in [-0.2, -0.15) is 10.5 Å². The van der Waals surface area contributed by atoms with E-state index in [2.05, 4.69) is 12.1 Å². The van der Waals surface area contributed by atoms with E-state index in [0.29, 0.717) is 88.4 Å². The van der Waals surface area contributed by atoms with Crippen LogP contribution in [0.2, 0.25) is 0 Å². The second-order valence-corrected chi connectivity index (χ2v) is 12.6. The first-order valence-corrected chi connectivity index (χ1v) is 16.3. The number of fused-ring (bicyclic) bond motifs is 6. The molecule has 0 unspecified atom stereocenters. The highest BCUT2D eigenvalue weighted by Gasteiger charge is 2.23. The van der Waals surface area contributed by atoms with Gasteiger partial charge in [0.1, 0.15) is 23.3 Å². The number of halogens is 4. The lowest BCUT2D eigenvalue weighted by molar-refractivity contribution is 0.628. The van der Waals surface area contributed by atoms with E-state index in [1.807, 2.05) is 21.3 Å². The van der Waals surface area contributed by atoms with Crippen molar-refractivity contribution in [2.75, 3.05) is 0 Å². The van der Waals surface area contributed by atoms with Crippen molar-refractivity contribution in [3.8, 4) is 45.8 Å². The minimum atomic E-state index is -0.477. The number of nitrogens with zero attached hydrogens (tertiary/aromatic N) is 4. The molecule has 9 rings (SSSR count). The maximum Gasteiger partial charge on any atom is 0.125 e. The number of aromatic nitrogens is 2. The van der Waals surface area contributed by atoms with Gasteiger partial charge in [-0.3, -0.25) is 0 Å². The fourth-order valence-corrected chi connectivity index (χ4v) is 7.31. The molecule has 2 aromatic heterocycles. The smallest absolute Gasteiger partial charge is 0.125 e. The molecule has 0 N–H and O–H groups in total. The summed E-state index contributed by atoms with van der Waals surface area (Å²) in [5, 5.41) is 22.0. The fraction of sp³-hybridized carbons (Fsp3) is 0. The van der Waals surface area contributed by atoms with Crippen LogP contribution in [0.25, 0.3) is 77.2 Å². The highest BCUT2D eigenvalue weighted by molar-refractivity contribution is 6.11. The monoisotopic (exact) mass is 682 g/mol. The molecule has 7 aromatic carbocycles. The topological polar surface area (TPSA) is 57.4 Å². The predicted octanol–water partition coefficient (Wildman–Crippen LogP) is 11.5. The largest absolute Gasteiger partial charge is 0.308 e. The van der Waals surface area contributed by atoms with Crippen LogP contribution < -0.4 is 0 Å². The SMILES string of the molecule is N#Cc1ccc(-c2cc(-n3c4cc(F)ccc4c4ccc(F)cc43)c(-c3ccc(C#N)cc3)cc2-n2c3cc(F)ccc3c3ccc(F)cc32)cc1. The van der Waals surface area contributed by atoms with Gasteiger partial charge in [0.25, 0.3) is 0 Å². The summed E-state index contributed by atoms with van der Waals surface area (Å²) in [4.78, 5) is 0. The molecule has 0 saturated carbocycles. The van der Waals surface area contributed by atoms with Gasteiger partial charge in [-0.25, -0.2) is 17.6 Å². The molecule has 2 heterocycles. The summed E-state index contributed by atoms with van der Waals surface area (Å²) < 4.78 is 63.9. The van der Waals surface area contributed by atoms with Crippen molar-refractivity contribution in [1.29, 1.82) is 10.5 Å². The van der Waals surface area contributed by atoms with Crippen LogP contribution in [0.4, 0.5) is 17.6 Å². The molecule has 9 aromatic rings. The van der Waals surface area contributed by atoms with Crippen LogP contribution in [0.1, 0.15) is 11.1 Å². The lowest BCUT2D eigenvalue weighted by atomic mass is 9.94. The Labute approximate surface area is 293 Å². The Morgan fingerprint density at radius 1 is 0.365 bits per heavy atom. The molecule has 0 aliphatic heterocycles. The molecule has 0 amide bonds. The lowest BCUT2D eigenvalue weighted by Crippen LogP contribution is -2.04. The molecular weight excluding hydrogens is 661 g/mol. The Balaban J connectivity index is 1.49. The zero-order valence-corrected chi connectivity index (χ0v) is 27.0. The van der Waals surface area contributed by atoms with E-state index in [1.54, 1.807) is 72.8 Å². The van der Waals surface area contributed by atoms with Gasteiger partial charge >= 0.3 is 0 Å². The van der Waals surface area contributed by atoms with Gasteiger partial charge in [0, 0.05) is 32.7 Å². The fourth-order valence-electron chi connectivity index (χ4n) is 7.31. The van der Waals surface area contributed by atoms with Crippen LogP contribution >= 0.6 is 0 Å². The maximum atomic E-state index is 15.1. The molecule has 0 radical (unpaired) electrons. The molecular formula is C44H22F4N4. The van der Waals surface area contributed by atoms with Crippen LogP contribution in [-0.2, 0) is 0 Å². The van der Waals surface area contributed by atoms with Crippen molar-refractivity contribution in [1.82, 2.24) is 9.13 Å². The maximum absolute atomic E-state index is 15.1. The van der Waals surface area contributed by atoms with Crippen molar-refractivity contribution < 1.29 is 17.6 Å². The highest BCUT2D eigenvalue weighted by atomic mass is 19.1. The first-order valence-electron chi connectivity index (χ1n) is 16.3. The Kier molecular flexibility index (Phi) is 6.96. The average Bonchev–Trinajstić information content (AvgIpc) is 3.64. The van der Waals surface area contributed by atoms with Crippen LogP contribution in [0.3, 0.4) is 0 Å². The van der Waals surface area contributed by atoms with E-state index in [-0.39, 0.29) is 0 Å². The average molecular weight is 683 g/mol. The van der Waals surface area contributed by atoms with E-state index >= 15 is 17.6 Å². The zero-order chi connectivity index (χ0) is 35.7. The van der Waals surface area contributed by atoms with Gasteiger partial charge in [0.2, 0.25) is 0 Å². The van der Waals surface area contributed by atoms with Crippen LogP contribution in [0.15, 0.2) is 133 Å². The second-order valence-electron chi connectivity index (χ2n) is 12.6. The summed E-state index contributed by atoms with van der Waals surface area (Å²) in [6.45, 7) is 0. The quantitative estimate of drug-likeness (QED) is 0.174. The summed E-state index contributed by atoms with van der Waals surface area (Å²) in [6.07, 6.45) is 0. The van der Waals surface area contributed by atoms with Crippen molar-refractivity contribution >= 4 is 43.6 Å². The number of hydrogen-bond acceptors (Lipinski definition) is 2. The molecule has 0 spiro atoms. The molecule has 0 fully saturated rings. The van der Waals surface area contributed by atoms with Gasteiger partial charge in [-0.05, 0) is 120 Å². The van der Waals surface area contributed by atoms with E-state index in [4.69, 9.17) is 0 Å². The Morgan fingerprint density at radius 2 is 0.654 bits per heavy atom. The van der Waals surface area contributed by atoms with E-state index in [9.17, 15) is 10.5 Å². The molecule has 0 aliphatic carbocycles. The minimum Gasteiger partial charge on any atom is -0.308 e. The van der Waals surface area contributed by atoms with Crippen molar-refractivity contribution in [2.45, 2.75) is 0 Å². The Hall–Kier alpha value is -7.16. The van der Waals surface area contributed by atoms with Crippen LogP contribution in [0.5, 0.6) is 0 Å². The van der Waals surface area contributed by atoms with E-state index in [0.717, 1.165) is 0 Å². The number of rotatable bonds is 4. The van der Waals surface area contributed by atoms with E-state index < -0.39 is 23.3 Å². The number of benzene rings is 7. The summed E-state index contributed by atoms with van der Waals surface area (Å²) >= 11 is 0. The predicted molar refractivity (Wildman–Crippen MR) is 195 cm³/mol. The molecule has 0 atom stereocenters. The highest BCUT2D eigenvalue weighted by Crippen LogP contribution is 2.44. The molecule has 0 bridgehead atoms. The minimum absolute atomic E-state index is 0.439. The molecule has 8 heteroatoms. The van der Waals surface area contributed by atoms with Gasteiger partial charge in [-0.1, -0.05) is 24.3 Å². The third-order valence-electron chi connectivity index (χ3n) is 9.63. The lowest BCUT2D eigenvalue weighted by Gasteiger charge is -2.21. The van der Waals surface area contributed by atoms with Crippen molar-refractivity contribution in [3.63, 3.8) is 0 Å².